The van der Waals surface area contributed by atoms with Gasteiger partial charge in [-0.05, 0) is 33.3 Å². The highest BCUT2D eigenvalue weighted by Crippen LogP contribution is 2.03. The summed E-state index contributed by atoms with van der Waals surface area (Å²) in [5, 5.41) is 16.1. The molecule has 0 radical (unpaired) electrons. The van der Waals surface area contributed by atoms with Gasteiger partial charge < -0.3 is 10.2 Å². The summed E-state index contributed by atoms with van der Waals surface area (Å²) in [6.45, 7) is 7.72. The molecular formula is C14H22N5O2+. The predicted molar refractivity (Wildman–Crippen MR) is 77.7 cm³/mol. The van der Waals surface area contributed by atoms with Crippen LogP contribution >= 0.6 is 0 Å². The van der Waals surface area contributed by atoms with Crippen LogP contribution in [-0.4, -0.2) is 35.3 Å². The zero-order valence-corrected chi connectivity index (χ0v) is 13.1. The SMILES string of the molecule is Cc1nn(C[NH+](C)CC(=O)NC(C)C)c(=O)c(C#N)c1C. The summed E-state index contributed by atoms with van der Waals surface area (Å²) in [5.41, 5.74) is 0.950. The van der Waals surface area contributed by atoms with Gasteiger partial charge in [0.2, 0.25) is 0 Å². The molecule has 1 aromatic heterocycles. The molecule has 0 spiro atoms. The number of aryl methyl sites for hydroxylation is 1. The third-order valence-electron chi connectivity index (χ3n) is 3.08. The number of carbonyl (C=O) groups excluding carboxylic acids is 1. The molecule has 1 rings (SSSR count). The van der Waals surface area contributed by atoms with E-state index in [0.717, 1.165) is 4.90 Å². The van der Waals surface area contributed by atoms with Gasteiger partial charge in [-0.1, -0.05) is 0 Å². The lowest BCUT2D eigenvalue weighted by Crippen LogP contribution is -3.10. The number of aromatic nitrogens is 2. The molecule has 7 nitrogen and oxygen atoms in total. The molecule has 0 bridgehead atoms. The van der Waals surface area contributed by atoms with E-state index in [9.17, 15) is 9.59 Å². The number of nitrogens with zero attached hydrogens (tertiary/aromatic N) is 3. The summed E-state index contributed by atoms with van der Waals surface area (Å²) in [7, 11) is 1.80. The van der Waals surface area contributed by atoms with Crippen molar-refractivity contribution in [1.29, 1.82) is 5.26 Å². The molecule has 0 aliphatic heterocycles. The number of quaternary nitrogens is 1. The van der Waals surface area contributed by atoms with E-state index in [0.29, 0.717) is 11.3 Å². The zero-order valence-electron chi connectivity index (χ0n) is 13.1. The molecule has 0 saturated carbocycles. The van der Waals surface area contributed by atoms with Gasteiger partial charge in [-0.3, -0.25) is 9.59 Å². The first-order valence-electron chi connectivity index (χ1n) is 6.85. The maximum Gasteiger partial charge on any atom is 0.289 e. The number of nitrogens with one attached hydrogen (secondary N) is 2. The van der Waals surface area contributed by atoms with Crippen LogP contribution in [0.2, 0.25) is 0 Å². The minimum absolute atomic E-state index is 0.0814. The third-order valence-corrected chi connectivity index (χ3v) is 3.08. The number of hydrogen-bond donors (Lipinski definition) is 2. The Kier molecular flexibility index (Phi) is 5.61. The smallest absolute Gasteiger partial charge is 0.289 e. The van der Waals surface area contributed by atoms with E-state index in [2.05, 4.69) is 10.4 Å². The van der Waals surface area contributed by atoms with E-state index in [1.165, 1.54) is 4.68 Å². The molecule has 1 aromatic rings. The van der Waals surface area contributed by atoms with Gasteiger partial charge >= 0.3 is 0 Å². The lowest BCUT2D eigenvalue weighted by Gasteiger charge is -2.16. The van der Waals surface area contributed by atoms with Crippen molar-refractivity contribution < 1.29 is 9.69 Å². The molecule has 1 atom stereocenters. The average molecular weight is 292 g/mol. The van der Waals surface area contributed by atoms with Crippen molar-refractivity contribution in [3.05, 3.63) is 27.2 Å². The first-order valence-corrected chi connectivity index (χ1v) is 6.85. The van der Waals surface area contributed by atoms with Crippen LogP contribution in [0.4, 0.5) is 0 Å². The Hall–Kier alpha value is -2.20. The number of hydrogen-bond acceptors (Lipinski definition) is 4. The fourth-order valence-electron chi connectivity index (χ4n) is 1.97. The summed E-state index contributed by atoms with van der Waals surface area (Å²) in [5.74, 6) is -0.0834. The molecule has 0 aliphatic carbocycles. The van der Waals surface area contributed by atoms with Crippen LogP contribution in [0, 0.1) is 25.2 Å². The van der Waals surface area contributed by atoms with Crippen LogP contribution in [0.25, 0.3) is 0 Å². The summed E-state index contributed by atoms with van der Waals surface area (Å²) in [6, 6.07) is 2.00. The molecule has 1 unspecified atom stereocenters. The second-order valence-electron chi connectivity index (χ2n) is 5.52. The highest BCUT2D eigenvalue weighted by atomic mass is 16.2. The topological polar surface area (TPSA) is 92.2 Å². The average Bonchev–Trinajstić information content (AvgIpc) is 2.35. The van der Waals surface area contributed by atoms with Gasteiger partial charge in [0.25, 0.3) is 11.5 Å². The van der Waals surface area contributed by atoms with Gasteiger partial charge in [0.05, 0.1) is 12.7 Å². The minimum Gasteiger partial charge on any atom is -0.349 e. The monoisotopic (exact) mass is 292 g/mol. The Morgan fingerprint density at radius 2 is 2.10 bits per heavy atom. The van der Waals surface area contributed by atoms with Gasteiger partial charge in [0.15, 0.2) is 13.2 Å². The Bertz CT molecular complexity index is 627. The molecule has 1 heterocycles. The van der Waals surface area contributed by atoms with Gasteiger partial charge in [-0.2, -0.15) is 15.0 Å². The molecule has 114 valence electrons. The van der Waals surface area contributed by atoms with E-state index in [1.807, 2.05) is 19.9 Å². The molecule has 21 heavy (non-hydrogen) atoms. The Morgan fingerprint density at radius 1 is 1.48 bits per heavy atom. The van der Waals surface area contributed by atoms with Crippen molar-refractivity contribution in [2.75, 3.05) is 13.6 Å². The molecular weight excluding hydrogens is 270 g/mol. The first-order chi connectivity index (χ1) is 9.76. The third kappa shape index (κ3) is 4.39. The lowest BCUT2D eigenvalue weighted by atomic mass is 10.1. The summed E-state index contributed by atoms with van der Waals surface area (Å²) >= 11 is 0. The summed E-state index contributed by atoms with van der Waals surface area (Å²) in [4.78, 5) is 24.6. The van der Waals surface area contributed by atoms with Crippen molar-refractivity contribution in [2.24, 2.45) is 0 Å². The normalized spacial score (nSPS) is 12.0. The quantitative estimate of drug-likeness (QED) is 0.708. The summed E-state index contributed by atoms with van der Waals surface area (Å²) < 4.78 is 1.25. The van der Waals surface area contributed by atoms with E-state index >= 15 is 0 Å². The maximum atomic E-state index is 12.1. The summed E-state index contributed by atoms with van der Waals surface area (Å²) in [6.07, 6.45) is 0. The van der Waals surface area contributed by atoms with Crippen LogP contribution < -0.4 is 15.8 Å². The number of nitriles is 1. The number of amides is 1. The minimum atomic E-state index is -0.413. The van der Waals surface area contributed by atoms with Crippen molar-refractivity contribution in [3.8, 4) is 6.07 Å². The fraction of sp³-hybridized carbons (Fsp3) is 0.571. The molecule has 2 N–H and O–H groups in total. The zero-order chi connectivity index (χ0) is 16.2. The second kappa shape index (κ2) is 6.99. The van der Waals surface area contributed by atoms with Crippen molar-refractivity contribution >= 4 is 5.91 Å². The van der Waals surface area contributed by atoms with E-state index < -0.39 is 5.56 Å². The Labute approximate surface area is 124 Å². The van der Waals surface area contributed by atoms with Crippen molar-refractivity contribution in [1.82, 2.24) is 15.1 Å². The highest BCUT2D eigenvalue weighted by Gasteiger charge is 2.16. The number of likely N-dealkylation sites (N-methyl/N-ethyl adjacent to an activating group) is 1. The van der Waals surface area contributed by atoms with Gasteiger partial charge in [0, 0.05) is 6.04 Å². The van der Waals surface area contributed by atoms with Crippen LogP contribution in [0.5, 0.6) is 0 Å². The van der Waals surface area contributed by atoms with Crippen molar-refractivity contribution in [2.45, 2.75) is 40.4 Å². The molecule has 0 aromatic carbocycles. The predicted octanol–water partition coefficient (Wildman–Crippen LogP) is -1.27. The molecule has 0 aliphatic rings. The highest BCUT2D eigenvalue weighted by molar-refractivity contribution is 5.77. The van der Waals surface area contributed by atoms with Crippen LogP contribution in [0.1, 0.15) is 30.7 Å². The first kappa shape index (κ1) is 16.9. The van der Waals surface area contributed by atoms with E-state index in [1.54, 1.807) is 20.9 Å². The molecule has 7 heteroatoms. The lowest BCUT2D eigenvalue weighted by molar-refractivity contribution is -0.895. The second-order valence-corrected chi connectivity index (χ2v) is 5.52. The number of rotatable bonds is 5. The Morgan fingerprint density at radius 3 is 2.62 bits per heavy atom. The van der Waals surface area contributed by atoms with E-state index in [4.69, 9.17) is 5.26 Å². The molecule has 0 fully saturated rings. The Balaban J connectivity index is 2.89. The maximum absolute atomic E-state index is 12.1. The van der Waals surface area contributed by atoms with Crippen LogP contribution in [0.3, 0.4) is 0 Å². The number of carbonyl (C=O) groups is 1. The van der Waals surface area contributed by atoms with Crippen LogP contribution in [-0.2, 0) is 11.5 Å². The van der Waals surface area contributed by atoms with Crippen molar-refractivity contribution in [3.63, 3.8) is 0 Å². The molecule has 1 amide bonds. The van der Waals surface area contributed by atoms with Crippen LogP contribution in [0.15, 0.2) is 4.79 Å². The van der Waals surface area contributed by atoms with Gasteiger partial charge in [-0.25, -0.2) is 0 Å². The standard InChI is InChI=1S/C14H21N5O2/c1-9(2)16-13(20)7-18(5)8-19-14(21)12(6-15)10(3)11(4)17-19/h9H,7-8H2,1-5H3,(H,16,20)/p+1. The molecule has 0 saturated heterocycles. The van der Waals surface area contributed by atoms with Gasteiger partial charge in [-0.15, -0.1) is 0 Å². The largest absolute Gasteiger partial charge is 0.349 e. The fourth-order valence-corrected chi connectivity index (χ4v) is 1.97. The van der Waals surface area contributed by atoms with E-state index in [-0.39, 0.29) is 30.7 Å². The van der Waals surface area contributed by atoms with Gasteiger partial charge in [0.1, 0.15) is 11.6 Å².